The Balaban J connectivity index is 1.20. The summed E-state index contributed by atoms with van der Waals surface area (Å²) >= 11 is 0. The zero-order valence-electron chi connectivity index (χ0n) is 20.1. The lowest BCUT2D eigenvalue weighted by Gasteiger charge is -2.34. The van der Waals surface area contributed by atoms with E-state index >= 15 is 0 Å². The zero-order chi connectivity index (χ0) is 23.5. The standard InChI is InChI=1S/C28H33N3O3/c1-21-18-25(22(2)31(21)24-8-9-27-28(19-24)34-17-16-33-27)26(32)20-30-14-12-29(13-15-30)11-10-23-6-4-3-5-7-23/h3-9,18-19H,10-17,20H2,1-2H3. The van der Waals surface area contributed by atoms with Crippen LogP contribution in [0.4, 0.5) is 0 Å². The van der Waals surface area contributed by atoms with E-state index in [0.717, 1.165) is 73.3 Å². The molecule has 0 N–H and O–H groups in total. The lowest BCUT2D eigenvalue weighted by atomic mass is 10.1. The molecule has 5 rings (SSSR count). The minimum atomic E-state index is 0.189. The van der Waals surface area contributed by atoms with Crippen LogP contribution < -0.4 is 9.47 Å². The largest absolute Gasteiger partial charge is 0.486 e. The van der Waals surface area contributed by atoms with E-state index in [9.17, 15) is 4.79 Å². The molecule has 2 aromatic carbocycles. The van der Waals surface area contributed by atoms with Gasteiger partial charge >= 0.3 is 0 Å². The molecule has 0 bridgehead atoms. The maximum atomic E-state index is 13.2. The Bertz CT molecular complexity index is 1150. The molecule has 3 aromatic rings. The van der Waals surface area contributed by atoms with Gasteiger partial charge in [-0.2, -0.15) is 0 Å². The molecule has 0 atom stereocenters. The molecule has 0 amide bonds. The number of Topliss-reactive ketones (excluding diaryl/α,β-unsaturated/α-hetero) is 1. The van der Waals surface area contributed by atoms with E-state index in [1.165, 1.54) is 5.56 Å². The minimum absolute atomic E-state index is 0.189. The quantitative estimate of drug-likeness (QED) is 0.502. The summed E-state index contributed by atoms with van der Waals surface area (Å²) in [4.78, 5) is 18.0. The fourth-order valence-electron chi connectivity index (χ4n) is 5.00. The van der Waals surface area contributed by atoms with Crippen molar-refractivity contribution in [3.63, 3.8) is 0 Å². The normalized spacial score (nSPS) is 16.5. The van der Waals surface area contributed by atoms with Crippen molar-refractivity contribution in [2.75, 3.05) is 52.5 Å². The Kier molecular flexibility index (Phi) is 6.70. The van der Waals surface area contributed by atoms with Crippen LogP contribution in [-0.2, 0) is 6.42 Å². The first kappa shape index (κ1) is 22.7. The Morgan fingerprint density at radius 1 is 0.853 bits per heavy atom. The molecule has 2 aliphatic heterocycles. The Morgan fingerprint density at radius 3 is 2.32 bits per heavy atom. The molecule has 6 nitrogen and oxygen atoms in total. The molecule has 1 aromatic heterocycles. The summed E-state index contributed by atoms with van der Waals surface area (Å²) in [6.45, 7) is 10.6. The first-order valence-corrected chi connectivity index (χ1v) is 12.2. The lowest BCUT2D eigenvalue weighted by molar-refractivity contribution is 0.0853. The van der Waals surface area contributed by atoms with Crippen molar-refractivity contribution in [1.82, 2.24) is 14.4 Å². The van der Waals surface area contributed by atoms with Gasteiger partial charge in [-0.15, -0.1) is 0 Å². The Morgan fingerprint density at radius 2 is 1.56 bits per heavy atom. The van der Waals surface area contributed by atoms with E-state index in [1.807, 2.05) is 38.1 Å². The molecule has 178 valence electrons. The Hall–Kier alpha value is -3.09. The molecule has 34 heavy (non-hydrogen) atoms. The molecule has 2 aliphatic rings. The van der Waals surface area contributed by atoms with Gasteiger partial charge in [0.25, 0.3) is 0 Å². The number of hydrogen-bond donors (Lipinski definition) is 0. The first-order valence-electron chi connectivity index (χ1n) is 12.2. The van der Waals surface area contributed by atoms with E-state index in [4.69, 9.17) is 9.47 Å². The lowest BCUT2D eigenvalue weighted by Crippen LogP contribution is -2.48. The summed E-state index contributed by atoms with van der Waals surface area (Å²) in [6, 6.07) is 18.6. The maximum absolute atomic E-state index is 13.2. The summed E-state index contributed by atoms with van der Waals surface area (Å²) in [6.07, 6.45) is 1.08. The van der Waals surface area contributed by atoms with Crippen molar-refractivity contribution in [2.24, 2.45) is 0 Å². The van der Waals surface area contributed by atoms with Crippen LogP contribution in [0.25, 0.3) is 5.69 Å². The average molecular weight is 460 g/mol. The number of nitrogens with zero attached hydrogens (tertiary/aromatic N) is 3. The molecule has 1 fully saturated rings. The number of carbonyl (C=O) groups is 1. The highest BCUT2D eigenvalue weighted by atomic mass is 16.6. The molecule has 6 heteroatoms. The van der Waals surface area contributed by atoms with Gasteiger partial charge < -0.3 is 18.9 Å². The van der Waals surface area contributed by atoms with Crippen molar-refractivity contribution in [1.29, 1.82) is 0 Å². The van der Waals surface area contributed by atoms with E-state index in [-0.39, 0.29) is 5.78 Å². The molecule has 1 saturated heterocycles. The van der Waals surface area contributed by atoms with Gasteiger partial charge in [-0.3, -0.25) is 9.69 Å². The van der Waals surface area contributed by atoms with Crippen LogP contribution >= 0.6 is 0 Å². The first-order chi connectivity index (χ1) is 16.6. The second kappa shape index (κ2) is 10.0. The summed E-state index contributed by atoms with van der Waals surface area (Å²) in [7, 11) is 0. The van der Waals surface area contributed by atoms with E-state index < -0.39 is 0 Å². The van der Waals surface area contributed by atoms with E-state index in [0.29, 0.717) is 19.8 Å². The van der Waals surface area contributed by atoms with Gasteiger partial charge in [0.15, 0.2) is 17.3 Å². The summed E-state index contributed by atoms with van der Waals surface area (Å²) in [5, 5.41) is 0. The molecule has 0 spiro atoms. The highest BCUT2D eigenvalue weighted by Gasteiger charge is 2.23. The van der Waals surface area contributed by atoms with Gasteiger partial charge in [-0.05, 0) is 44.0 Å². The summed E-state index contributed by atoms with van der Waals surface area (Å²) in [5.74, 6) is 1.72. The smallest absolute Gasteiger partial charge is 0.178 e. The van der Waals surface area contributed by atoms with Crippen molar-refractivity contribution in [3.8, 4) is 17.2 Å². The summed E-state index contributed by atoms with van der Waals surface area (Å²) in [5.41, 5.74) is 5.20. The Labute approximate surface area is 201 Å². The van der Waals surface area contributed by atoms with Crippen LogP contribution in [0.2, 0.25) is 0 Å². The number of rotatable bonds is 7. The fraction of sp³-hybridized carbons (Fsp3) is 0.393. The predicted octanol–water partition coefficient (Wildman–Crippen LogP) is 3.91. The third kappa shape index (κ3) is 4.88. The number of ether oxygens (including phenoxy) is 2. The van der Waals surface area contributed by atoms with Crippen molar-refractivity contribution < 1.29 is 14.3 Å². The predicted molar refractivity (Wildman–Crippen MR) is 134 cm³/mol. The van der Waals surface area contributed by atoms with Gasteiger partial charge in [0.2, 0.25) is 0 Å². The van der Waals surface area contributed by atoms with Crippen LogP contribution in [0.1, 0.15) is 27.3 Å². The number of aryl methyl sites for hydroxylation is 1. The van der Waals surface area contributed by atoms with Crippen molar-refractivity contribution >= 4 is 5.78 Å². The SMILES string of the molecule is Cc1cc(C(=O)CN2CCN(CCc3ccccc3)CC2)c(C)n1-c1ccc2c(c1)OCCO2. The second-order valence-corrected chi connectivity index (χ2v) is 9.22. The van der Waals surface area contributed by atoms with Crippen LogP contribution in [-0.4, -0.2) is 72.6 Å². The fourth-order valence-corrected chi connectivity index (χ4v) is 5.00. The maximum Gasteiger partial charge on any atom is 0.178 e. The van der Waals surface area contributed by atoms with Crippen LogP contribution in [0.15, 0.2) is 54.6 Å². The second-order valence-electron chi connectivity index (χ2n) is 9.22. The van der Waals surface area contributed by atoms with Crippen LogP contribution in [0, 0.1) is 13.8 Å². The molecular formula is C28H33N3O3. The topological polar surface area (TPSA) is 46.9 Å². The van der Waals surface area contributed by atoms with Gasteiger partial charge in [0.1, 0.15) is 13.2 Å². The molecule has 3 heterocycles. The molecular weight excluding hydrogens is 426 g/mol. The number of carbonyl (C=O) groups excluding carboxylic acids is 1. The number of fused-ring (bicyclic) bond motifs is 1. The van der Waals surface area contributed by atoms with Gasteiger partial charge in [0.05, 0.1) is 6.54 Å². The minimum Gasteiger partial charge on any atom is -0.486 e. The van der Waals surface area contributed by atoms with Crippen LogP contribution in [0.5, 0.6) is 11.5 Å². The number of piperazine rings is 1. The molecule has 0 radical (unpaired) electrons. The molecule has 0 unspecified atom stereocenters. The number of ketones is 1. The zero-order valence-corrected chi connectivity index (χ0v) is 20.1. The number of benzene rings is 2. The molecule has 0 aliphatic carbocycles. The molecule has 0 saturated carbocycles. The van der Waals surface area contributed by atoms with E-state index in [1.54, 1.807) is 0 Å². The van der Waals surface area contributed by atoms with E-state index in [2.05, 4.69) is 44.7 Å². The summed E-state index contributed by atoms with van der Waals surface area (Å²) < 4.78 is 13.5. The highest BCUT2D eigenvalue weighted by molar-refractivity contribution is 5.99. The van der Waals surface area contributed by atoms with Crippen LogP contribution in [0.3, 0.4) is 0 Å². The third-order valence-corrected chi connectivity index (χ3v) is 6.91. The van der Waals surface area contributed by atoms with Crippen molar-refractivity contribution in [2.45, 2.75) is 20.3 Å². The van der Waals surface area contributed by atoms with Gasteiger partial charge in [-0.25, -0.2) is 0 Å². The average Bonchev–Trinajstić information content (AvgIpc) is 3.17. The number of hydrogen-bond acceptors (Lipinski definition) is 5. The number of aromatic nitrogens is 1. The van der Waals surface area contributed by atoms with Gasteiger partial charge in [0, 0.05) is 61.4 Å². The highest BCUT2D eigenvalue weighted by Crippen LogP contribution is 2.33. The van der Waals surface area contributed by atoms with Crippen molar-refractivity contribution in [3.05, 3.63) is 77.1 Å². The monoisotopic (exact) mass is 459 g/mol. The third-order valence-electron chi connectivity index (χ3n) is 6.91. The van der Waals surface area contributed by atoms with Gasteiger partial charge in [-0.1, -0.05) is 30.3 Å².